The van der Waals surface area contributed by atoms with Crippen LogP contribution in [0.3, 0.4) is 0 Å². The van der Waals surface area contributed by atoms with Crippen molar-refractivity contribution >= 4 is 28.7 Å². The summed E-state index contributed by atoms with van der Waals surface area (Å²) >= 11 is 0. The minimum absolute atomic E-state index is 0.0278. The molecule has 0 saturated heterocycles. The molecule has 0 radical (unpaired) electrons. The zero-order valence-corrected chi connectivity index (χ0v) is 21.9. The Morgan fingerprint density at radius 3 is 2.46 bits per heavy atom. The first-order valence-corrected chi connectivity index (χ1v) is 12.9. The Kier molecular flexibility index (Phi) is 7.48. The predicted molar refractivity (Wildman–Crippen MR) is 151 cm³/mol. The van der Waals surface area contributed by atoms with Crippen molar-refractivity contribution in [1.29, 1.82) is 5.26 Å². The second kappa shape index (κ2) is 11.3. The molecule has 0 atom stereocenters. The van der Waals surface area contributed by atoms with Crippen molar-refractivity contribution in [2.75, 3.05) is 19.8 Å². The first-order chi connectivity index (χ1) is 19.0. The lowest BCUT2D eigenvalue weighted by Crippen LogP contribution is -2.43. The summed E-state index contributed by atoms with van der Waals surface area (Å²) in [5.41, 5.74) is 3.80. The molecule has 1 aliphatic rings. The molecule has 1 aliphatic heterocycles. The van der Waals surface area contributed by atoms with Gasteiger partial charge in [-0.05, 0) is 60.9 Å². The molecule has 0 unspecified atom stereocenters. The van der Waals surface area contributed by atoms with Crippen molar-refractivity contribution in [1.82, 2.24) is 14.7 Å². The Labute approximate surface area is 227 Å². The minimum atomic E-state index is -0.566. The van der Waals surface area contributed by atoms with Crippen molar-refractivity contribution in [3.05, 3.63) is 101 Å². The fraction of sp³-hybridized carbons (Fsp3) is 0.188. The Balaban J connectivity index is 1.64. The van der Waals surface area contributed by atoms with Gasteiger partial charge in [-0.15, -0.1) is 0 Å². The summed E-state index contributed by atoms with van der Waals surface area (Å²) in [6, 6.07) is 26.0. The van der Waals surface area contributed by atoms with Gasteiger partial charge in [0.2, 0.25) is 0 Å². The van der Waals surface area contributed by atoms with E-state index < -0.39 is 11.8 Å². The molecule has 4 aromatic rings. The fourth-order valence-corrected chi connectivity index (χ4v) is 4.72. The summed E-state index contributed by atoms with van der Waals surface area (Å²) in [5.74, 6) is -0.992. The first-order valence-electron chi connectivity index (χ1n) is 12.9. The number of fused-ring (bicyclic) bond motifs is 1. The summed E-state index contributed by atoms with van der Waals surface area (Å²) < 4.78 is 7.16. The number of carbonyl (C=O) groups is 2. The number of carbonyl (C=O) groups excluding carboxylic acids is 2. The van der Waals surface area contributed by atoms with Gasteiger partial charge in [-0.25, -0.2) is 4.68 Å². The van der Waals surface area contributed by atoms with Crippen molar-refractivity contribution < 1.29 is 14.3 Å². The molecule has 2 heterocycles. The third kappa shape index (κ3) is 5.15. The highest BCUT2D eigenvalue weighted by Crippen LogP contribution is 2.32. The Hall–Kier alpha value is -4.80. The largest absolute Gasteiger partial charge is 0.382 e. The van der Waals surface area contributed by atoms with E-state index in [4.69, 9.17) is 9.84 Å². The third-order valence-electron chi connectivity index (χ3n) is 6.79. The van der Waals surface area contributed by atoms with Gasteiger partial charge in [-0.2, -0.15) is 10.4 Å². The lowest BCUT2D eigenvalue weighted by Gasteiger charge is -2.27. The van der Waals surface area contributed by atoms with Crippen molar-refractivity contribution in [2.45, 2.75) is 20.3 Å². The van der Waals surface area contributed by atoms with Gasteiger partial charge in [0.15, 0.2) is 0 Å². The quantitative estimate of drug-likeness (QED) is 0.170. The molecule has 2 amide bonds. The van der Waals surface area contributed by atoms with Gasteiger partial charge in [-0.1, -0.05) is 54.6 Å². The molecule has 7 nitrogen and oxygen atoms in total. The number of hydrogen-bond donors (Lipinski definition) is 0. The van der Waals surface area contributed by atoms with Crippen LogP contribution >= 0.6 is 0 Å². The lowest BCUT2D eigenvalue weighted by atomic mass is 9.93. The number of nitrogens with zero attached hydrogens (tertiary/aromatic N) is 4. The van der Waals surface area contributed by atoms with Crippen molar-refractivity contribution in [3.8, 4) is 23.0 Å². The Morgan fingerprint density at radius 1 is 0.974 bits per heavy atom. The van der Waals surface area contributed by atoms with E-state index in [0.29, 0.717) is 42.0 Å². The number of para-hydroxylation sites is 1. The van der Waals surface area contributed by atoms with Gasteiger partial charge in [0.05, 0.1) is 11.4 Å². The van der Waals surface area contributed by atoms with E-state index in [2.05, 4.69) is 12.1 Å². The fourth-order valence-electron chi connectivity index (χ4n) is 4.72. The first kappa shape index (κ1) is 25.8. The van der Waals surface area contributed by atoms with E-state index in [9.17, 15) is 14.9 Å². The van der Waals surface area contributed by atoms with Crippen molar-refractivity contribution in [3.63, 3.8) is 0 Å². The summed E-state index contributed by atoms with van der Waals surface area (Å²) in [6.45, 7) is 4.69. The lowest BCUT2D eigenvalue weighted by molar-refractivity contribution is -0.140. The molecule has 3 aromatic carbocycles. The molecule has 0 saturated carbocycles. The molecule has 0 aliphatic carbocycles. The summed E-state index contributed by atoms with van der Waals surface area (Å²) in [5, 5.41) is 16.9. The molecule has 0 fully saturated rings. The van der Waals surface area contributed by atoms with Crippen LogP contribution in [0.15, 0.2) is 95.7 Å². The van der Waals surface area contributed by atoms with E-state index in [1.807, 2.05) is 79.9 Å². The molecule has 0 spiro atoms. The van der Waals surface area contributed by atoms with Crippen LogP contribution in [-0.4, -0.2) is 46.3 Å². The highest BCUT2D eigenvalue weighted by Gasteiger charge is 2.35. The van der Waals surface area contributed by atoms with Gasteiger partial charge in [0, 0.05) is 42.7 Å². The average Bonchev–Trinajstić information content (AvgIpc) is 3.39. The molecule has 5 rings (SSSR count). The minimum Gasteiger partial charge on any atom is -0.382 e. The van der Waals surface area contributed by atoms with Crippen LogP contribution in [-0.2, 0) is 14.3 Å². The number of hydrogen-bond acceptors (Lipinski definition) is 5. The maximum atomic E-state index is 13.6. The Morgan fingerprint density at radius 2 is 1.72 bits per heavy atom. The van der Waals surface area contributed by atoms with Crippen LogP contribution in [0.25, 0.3) is 33.8 Å². The molecule has 0 bridgehead atoms. The zero-order chi connectivity index (χ0) is 27.4. The highest BCUT2D eigenvalue weighted by atomic mass is 16.5. The number of aromatic nitrogens is 2. The van der Waals surface area contributed by atoms with Crippen LogP contribution in [0.1, 0.15) is 25.8 Å². The SMILES string of the molecule is CCOCCCN1C(=O)C(C#N)=C(C)/C(=C\c2cn(-c3ccccc3)nc2-c2ccc3ccccc3c2)C1=O. The standard InChI is InChI=1S/C32H28N4O3/c1-3-39-17-9-16-35-31(37)28(22(2)29(20-33)32(35)38)19-26-21-36(27-12-5-4-6-13-27)34-30(26)25-15-14-23-10-7-8-11-24(23)18-25/h4-8,10-15,18-19,21H,3,9,16-17H2,1-2H3/b28-19+. The number of rotatable bonds is 8. The van der Waals surface area contributed by atoms with Crippen molar-refractivity contribution in [2.24, 2.45) is 0 Å². The predicted octanol–water partition coefficient (Wildman–Crippen LogP) is 5.71. The van der Waals surface area contributed by atoms with Crippen LogP contribution in [0.4, 0.5) is 0 Å². The highest BCUT2D eigenvalue weighted by molar-refractivity contribution is 6.19. The molecule has 1 aromatic heterocycles. The van der Waals surface area contributed by atoms with E-state index in [1.165, 1.54) is 0 Å². The van der Waals surface area contributed by atoms with E-state index in [0.717, 1.165) is 26.9 Å². The van der Waals surface area contributed by atoms with Crippen LogP contribution < -0.4 is 0 Å². The molecule has 39 heavy (non-hydrogen) atoms. The topological polar surface area (TPSA) is 88.2 Å². The molecule has 7 heteroatoms. The van der Waals surface area contributed by atoms with Crippen LogP contribution in [0.2, 0.25) is 0 Å². The average molecular weight is 517 g/mol. The van der Waals surface area contributed by atoms with E-state index in [-0.39, 0.29) is 12.1 Å². The molecular weight excluding hydrogens is 488 g/mol. The zero-order valence-electron chi connectivity index (χ0n) is 21.9. The van der Waals surface area contributed by atoms with E-state index in [1.54, 1.807) is 17.7 Å². The number of ether oxygens (including phenoxy) is 1. The number of nitriles is 1. The maximum Gasteiger partial charge on any atom is 0.271 e. The molecule has 0 N–H and O–H groups in total. The van der Waals surface area contributed by atoms with Crippen LogP contribution in [0.5, 0.6) is 0 Å². The van der Waals surface area contributed by atoms with Gasteiger partial charge >= 0.3 is 0 Å². The van der Waals surface area contributed by atoms with Gasteiger partial charge < -0.3 is 4.74 Å². The van der Waals surface area contributed by atoms with Gasteiger partial charge in [-0.3, -0.25) is 14.5 Å². The smallest absolute Gasteiger partial charge is 0.271 e. The maximum absolute atomic E-state index is 13.6. The summed E-state index contributed by atoms with van der Waals surface area (Å²) in [7, 11) is 0. The normalized spacial score (nSPS) is 14.9. The number of amides is 2. The second-order valence-electron chi connectivity index (χ2n) is 9.26. The van der Waals surface area contributed by atoms with Gasteiger partial charge in [0.25, 0.3) is 11.8 Å². The Bertz CT molecular complexity index is 1660. The van der Waals surface area contributed by atoms with Gasteiger partial charge in [0.1, 0.15) is 11.6 Å². The molecule has 194 valence electrons. The second-order valence-corrected chi connectivity index (χ2v) is 9.26. The molecular formula is C32H28N4O3. The third-order valence-corrected chi connectivity index (χ3v) is 6.79. The number of imide groups is 1. The van der Waals surface area contributed by atoms with E-state index >= 15 is 0 Å². The summed E-state index contributed by atoms with van der Waals surface area (Å²) in [6.07, 6.45) is 4.11. The summed E-state index contributed by atoms with van der Waals surface area (Å²) in [4.78, 5) is 27.7. The number of benzene rings is 3. The van der Waals surface area contributed by atoms with Crippen LogP contribution in [0, 0.1) is 11.3 Å². The monoisotopic (exact) mass is 516 g/mol.